The van der Waals surface area contributed by atoms with Crippen LogP contribution in [0.4, 0.5) is 4.39 Å². The third-order valence-corrected chi connectivity index (χ3v) is 6.33. The molecular weight excluding hydrogens is 343 g/mol. The van der Waals surface area contributed by atoms with Crippen LogP contribution in [0.2, 0.25) is 5.02 Å². The van der Waals surface area contributed by atoms with Gasteiger partial charge in [-0.25, -0.2) is 4.39 Å². The minimum Gasteiger partial charge on any atom is -0.324 e. The van der Waals surface area contributed by atoms with Gasteiger partial charge in [-0.2, -0.15) is 0 Å². The summed E-state index contributed by atoms with van der Waals surface area (Å²) in [5.41, 5.74) is 6.90. The predicted molar refractivity (Wildman–Crippen MR) is 83.3 cm³/mol. The van der Waals surface area contributed by atoms with Crippen LogP contribution in [0.3, 0.4) is 0 Å². The fourth-order valence-corrected chi connectivity index (χ4v) is 4.28. The van der Waals surface area contributed by atoms with E-state index in [0.717, 1.165) is 12.8 Å². The van der Waals surface area contributed by atoms with Gasteiger partial charge >= 0.3 is 0 Å². The topological polar surface area (TPSA) is 29.3 Å². The highest BCUT2D eigenvalue weighted by Crippen LogP contribution is 2.43. The quantitative estimate of drug-likeness (QED) is 0.803. The van der Waals surface area contributed by atoms with Crippen LogP contribution in [-0.4, -0.2) is 24.0 Å². The Balaban J connectivity index is 1.83. The summed E-state index contributed by atoms with van der Waals surface area (Å²) in [6.07, 6.45) is 4.60. The number of hydrogen-bond acceptors (Lipinski definition) is 2. The summed E-state index contributed by atoms with van der Waals surface area (Å²) < 4.78 is 14.9. The lowest BCUT2D eigenvalue weighted by atomic mass is 9.82. The van der Waals surface area contributed by atoms with Gasteiger partial charge in [-0.05, 0) is 60.6 Å². The van der Waals surface area contributed by atoms with Gasteiger partial charge in [0, 0.05) is 28.2 Å². The van der Waals surface area contributed by atoms with Gasteiger partial charge in [0.15, 0.2) is 0 Å². The van der Waals surface area contributed by atoms with E-state index < -0.39 is 0 Å². The Bertz CT molecular complexity index is 511. The molecule has 3 rings (SSSR count). The van der Waals surface area contributed by atoms with Crippen LogP contribution in [0.15, 0.2) is 16.6 Å². The van der Waals surface area contributed by atoms with Crippen molar-refractivity contribution in [2.24, 2.45) is 11.7 Å². The average molecular weight is 362 g/mol. The maximum absolute atomic E-state index is 14.3. The monoisotopic (exact) mass is 360 g/mol. The summed E-state index contributed by atoms with van der Waals surface area (Å²) in [5.74, 6) is -0.0322. The molecule has 0 saturated carbocycles. The van der Waals surface area contributed by atoms with Crippen molar-refractivity contribution in [2.45, 2.75) is 43.8 Å². The van der Waals surface area contributed by atoms with E-state index in [2.05, 4.69) is 27.9 Å². The SMILES string of the molecule is CN1C2CCC1CC(C(N)c1ccc(Br)c(Cl)c1F)C2. The number of nitrogens with two attached hydrogens (primary N) is 1. The summed E-state index contributed by atoms with van der Waals surface area (Å²) in [4.78, 5) is 2.47. The molecule has 2 fully saturated rings. The van der Waals surface area contributed by atoms with E-state index in [0.29, 0.717) is 28.0 Å². The van der Waals surface area contributed by atoms with Crippen LogP contribution < -0.4 is 5.73 Å². The number of nitrogens with zero attached hydrogens (tertiary/aromatic N) is 1. The second-order valence-corrected chi connectivity index (χ2v) is 7.30. The number of hydrogen-bond donors (Lipinski definition) is 1. The van der Waals surface area contributed by atoms with Gasteiger partial charge in [-0.1, -0.05) is 17.7 Å². The molecule has 3 atom stereocenters. The van der Waals surface area contributed by atoms with Gasteiger partial charge in [0.25, 0.3) is 0 Å². The normalized spacial score (nSPS) is 31.6. The molecule has 20 heavy (non-hydrogen) atoms. The van der Waals surface area contributed by atoms with Crippen LogP contribution in [0.5, 0.6) is 0 Å². The number of halogens is 3. The number of rotatable bonds is 2. The van der Waals surface area contributed by atoms with Gasteiger partial charge < -0.3 is 10.6 Å². The Morgan fingerprint density at radius 1 is 1.35 bits per heavy atom. The molecule has 110 valence electrons. The van der Waals surface area contributed by atoms with E-state index in [9.17, 15) is 4.39 Å². The number of fused-ring (bicyclic) bond motifs is 2. The fraction of sp³-hybridized carbons (Fsp3) is 0.600. The van der Waals surface area contributed by atoms with Crippen LogP contribution >= 0.6 is 27.5 Å². The predicted octanol–water partition coefficient (Wildman–Crippen LogP) is 4.11. The molecule has 5 heteroatoms. The zero-order chi connectivity index (χ0) is 14.4. The smallest absolute Gasteiger partial charge is 0.147 e. The van der Waals surface area contributed by atoms with Crippen molar-refractivity contribution >= 4 is 27.5 Å². The Morgan fingerprint density at radius 2 is 1.95 bits per heavy atom. The molecular formula is C15H19BrClFN2. The summed E-state index contributed by atoms with van der Waals surface area (Å²) in [5, 5.41) is 0.133. The molecule has 2 N–H and O–H groups in total. The van der Waals surface area contributed by atoms with Crippen molar-refractivity contribution in [1.29, 1.82) is 0 Å². The van der Waals surface area contributed by atoms with Crippen molar-refractivity contribution in [3.63, 3.8) is 0 Å². The van der Waals surface area contributed by atoms with E-state index in [1.54, 1.807) is 12.1 Å². The van der Waals surface area contributed by atoms with Crippen LogP contribution in [0.1, 0.15) is 37.3 Å². The van der Waals surface area contributed by atoms with Crippen molar-refractivity contribution in [1.82, 2.24) is 4.90 Å². The van der Waals surface area contributed by atoms with Gasteiger partial charge in [-0.3, -0.25) is 0 Å². The molecule has 2 aliphatic heterocycles. The van der Waals surface area contributed by atoms with Crippen LogP contribution in [0, 0.1) is 11.7 Å². The molecule has 1 aromatic rings. The maximum Gasteiger partial charge on any atom is 0.147 e. The molecule has 3 unspecified atom stereocenters. The number of piperidine rings is 1. The summed E-state index contributed by atoms with van der Waals surface area (Å²) in [6.45, 7) is 0. The van der Waals surface area contributed by atoms with E-state index in [1.165, 1.54) is 12.8 Å². The highest BCUT2D eigenvalue weighted by Gasteiger charge is 2.41. The van der Waals surface area contributed by atoms with Crippen molar-refractivity contribution in [3.8, 4) is 0 Å². The summed E-state index contributed by atoms with van der Waals surface area (Å²) in [6, 6.07) is 4.50. The largest absolute Gasteiger partial charge is 0.324 e. The van der Waals surface area contributed by atoms with Crippen LogP contribution in [-0.2, 0) is 0 Å². The Labute approximate surface area is 132 Å². The first kappa shape index (κ1) is 14.8. The van der Waals surface area contributed by atoms with Gasteiger partial charge in [0.2, 0.25) is 0 Å². The van der Waals surface area contributed by atoms with E-state index in [1.807, 2.05) is 0 Å². The first-order valence-electron chi connectivity index (χ1n) is 7.10. The summed E-state index contributed by atoms with van der Waals surface area (Å²) in [7, 11) is 2.20. The molecule has 1 aromatic carbocycles. The minimum absolute atomic E-state index is 0.133. The molecule has 0 spiro atoms. The molecule has 2 aliphatic rings. The van der Waals surface area contributed by atoms with Crippen molar-refractivity contribution in [2.75, 3.05) is 7.05 Å². The van der Waals surface area contributed by atoms with Gasteiger partial charge in [0.1, 0.15) is 5.82 Å². The van der Waals surface area contributed by atoms with Gasteiger partial charge in [-0.15, -0.1) is 0 Å². The lowest BCUT2D eigenvalue weighted by molar-refractivity contribution is 0.120. The van der Waals surface area contributed by atoms with E-state index in [-0.39, 0.29) is 16.9 Å². The standard InChI is InChI=1S/C15H19BrClFN2/c1-20-9-2-3-10(20)7-8(6-9)15(19)11-4-5-12(16)13(17)14(11)18/h4-5,8-10,15H,2-3,6-7,19H2,1H3. The van der Waals surface area contributed by atoms with E-state index in [4.69, 9.17) is 17.3 Å². The third-order valence-electron chi connectivity index (χ3n) is 5.07. The lowest BCUT2D eigenvalue weighted by Crippen LogP contribution is -2.42. The van der Waals surface area contributed by atoms with E-state index >= 15 is 0 Å². The molecule has 2 saturated heterocycles. The minimum atomic E-state index is -0.375. The Kier molecular flexibility index (Phi) is 4.10. The molecule has 0 radical (unpaired) electrons. The zero-order valence-electron chi connectivity index (χ0n) is 11.5. The average Bonchev–Trinajstić information content (AvgIpc) is 2.66. The Morgan fingerprint density at radius 3 is 2.55 bits per heavy atom. The highest BCUT2D eigenvalue weighted by molar-refractivity contribution is 9.10. The first-order chi connectivity index (χ1) is 9.49. The van der Waals surface area contributed by atoms with Crippen molar-refractivity contribution < 1.29 is 4.39 Å². The lowest BCUT2D eigenvalue weighted by Gasteiger charge is -2.39. The molecule has 2 nitrogen and oxygen atoms in total. The maximum atomic E-state index is 14.3. The molecule has 0 aliphatic carbocycles. The van der Waals surface area contributed by atoms with Crippen molar-refractivity contribution in [3.05, 3.63) is 33.0 Å². The second kappa shape index (κ2) is 5.56. The fourth-order valence-electron chi connectivity index (χ4n) is 3.80. The Hall–Kier alpha value is -0.160. The molecule has 0 amide bonds. The molecule has 2 bridgehead atoms. The first-order valence-corrected chi connectivity index (χ1v) is 8.27. The van der Waals surface area contributed by atoms with Gasteiger partial charge in [0.05, 0.1) is 5.02 Å². The third kappa shape index (κ3) is 2.41. The number of benzene rings is 1. The summed E-state index contributed by atoms with van der Waals surface area (Å²) >= 11 is 9.22. The zero-order valence-corrected chi connectivity index (χ0v) is 13.8. The highest BCUT2D eigenvalue weighted by atomic mass is 79.9. The molecule has 0 aromatic heterocycles. The molecule has 2 heterocycles. The van der Waals surface area contributed by atoms with Crippen LogP contribution in [0.25, 0.3) is 0 Å². The second-order valence-electron chi connectivity index (χ2n) is 6.07.